The molecule has 1 amide bonds. The molecule has 1 saturated heterocycles. The van der Waals surface area contributed by atoms with Crippen molar-refractivity contribution in [3.63, 3.8) is 0 Å². The first-order chi connectivity index (χ1) is 13.1. The number of benzene rings is 2. The second-order valence-corrected chi connectivity index (χ2v) is 7.42. The van der Waals surface area contributed by atoms with Crippen LogP contribution in [0, 0.1) is 0 Å². The van der Waals surface area contributed by atoms with Crippen molar-refractivity contribution in [2.45, 2.75) is 32.9 Å². The van der Waals surface area contributed by atoms with Crippen LogP contribution in [0.1, 0.15) is 36.6 Å². The van der Waals surface area contributed by atoms with Crippen molar-refractivity contribution in [1.29, 1.82) is 0 Å². The van der Waals surface area contributed by atoms with E-state index in [1.807, 2.05) is 0 Å². The van der Waals surface area contributed by atoms with E-state index in [4.69, 9.17) is 0 Å². The van der Waals surface area contributed by atoms with Gasteiger partial charge in [0.1, 0.15) is 0 Å². The number of carbonyl (C=O) groups excluding carboxylic acids is 1. The Morgan fingerprint density at radius 1 is 0.926 bits per heavy atom. The van der Waals surface area contributed by atoms with Gasteiger partial charge in [-0.1, -0.05) is 61.5 Å². The van der Waals surface area contributed by atoms with Crippen LogP contribution >= 0.6 is 0 Å². The van der Waals surface area contributed by atoms with Gasteiger partial charge in [0.25, 0.3) is 0 Å². The van der Waals surface area contributed by atoms with E-state index in [2.05, 4.69) is 83.6 Å². The predicted octanol–water partition coefficient (Wildman–Crippen LogP) is 3.24. The highest BCUT2D eigenvalue weighted by Crippen LogP contribution is 2.14. The number of nitrogens with one attached hydrogen (secondary N) is 1. The van der Waals surface area contributed by atoms with Gasteiger partial charge >= 0.3 is 0 Å². The first-order valence-electron chi connectivity index (χ1n) is 10.0. The summed E-state index contributed by atoms with van der Waals surface area (Å²) < 4.78 is 0. The fourth-order valence-corrected chi connectivity index (χ4v) is 3.56. The number of hydrogen-bond acceptors (Lipinski definition) is 3. The van der Waals surface area contributed by atoms with E-state index < -0.39 is 0 Å². The zero-order chi connectivity index (χ0) is 19.1. The third kappa shape index (κ3) is 5.91. The highest BCUT2D eigenvalue weighted by atomic mass is 16.2. The fourth-order valence-electron chi connectivity index (χ4n) is 3.56. The molecule has 0 aromatic heterocycles. The van der Waals surface area contributed by atoms with Gasteiger partial charge in [-0.05, 0) is 30.0 Å². The normalized spacial score (nSPS) is 16.8. The van der Waals surface area contributed by atoms with Gasteiger partial charge in [0.05, 0.1) is 12.6 Å². The minimum Gasteiger partial charge on any atom is -0.348 e. The third-order valence-corrected chi connectivity index (χ3v) is 5.35. The molecule has 144 valence electrons. The lowest BCUT2D eigenvalue weighted by Crippen LogP contribution is -2.49. The molecule has 0 unspecified atom stereocenters. The summed E-state index contributed by atoms with van der Waals surface area (Å²) in [5, 5.41) is 3.14. The summed E-state index contributed by atoms with van der Waals surface area (Å²) in [7, 11) is 0. The van der Waals surface area contributed by atoms with Crippen molar-refractivity contribution in [3.8, 4) is 0 Å². The number of amides is 1. The van der Waals surface area contributed by atoms with Gasteiger partial charge in [-0.15, -0.1) is 0 Å². The minimum absolute atomic E-state index is 0.0442. The van der Waals surface area contributed by atoms with Crippen LogP contribution in [0.5, 0.6) is 0 Å². The van der Waals surface area contributed by atoms with Crippen LogP contribution in [0.4, 0.5) is 0 Å². The number of hydrogen-bond donors (Lipinski definition) is 1. The number of aryl methyl sites for hydroxylation is 1. The zero-order valence-electron chi connectivity index (χ0n) is 16.5. The molecule has 1 aliphatic rings. The lowest BCUT2D eigenvalue weighted by Gasteiger charge is -2.34. The maximum absolute atomic E-state index is 12.4. The summed E-state index contributed by atoms with van der Waals surface area (Å²) >= 11 is 0. The SMILES string of the molecule is CCc1ccc([C@@H](C)NC(=O)CN2CCN(Cc3ccccc3)CC2)cc1. The maximum atomic E-state index is 12.4. The lowest BCUT2D eigenvalue weighted by molar-refractivity contribution is -0.123. The molecule has 1 atom stereocenters. The van der Waals surface area contributed by atoms with E-state index in [9.17, 15) is 4.79 Å². The van der Waals surface area contributed by atoms with Crippen molar-refractivity contribution >= 4 is 5.91 Å². The van der Waals surface area contributed by atoms with Gasteiger partial charge in [-0.3, -0.25) is 14.6 Å². The largest absolute Gasteiger partial charge is 0.348 e. The van der Waals surface area contributed by atoms with Crippen molar-refractivity contribution in [3.05, 3.63) is 71.3 Å². The third-order valence-electron chi connectivity index (χ3n) is 5.35. The van der Waals surface area contributed by atoms with Crippen molar-refractivity contribution in [2.75, 3.05) is 32.7 Å². The Bertz CT molecular complexity index is 706. The average Bonchev–Trinajstić information content (AvgIpc) is 2.70. The van der Waals surface area contributed by atoms with Crippen molar-refractivity contribution in [1.82, 2.24) is 15.1 Å². The predicted molar refractivity (Wildman–Crippen MR) is 111 cm³/mol. The van der Waals surface area contributed by atoms with Gasteiger partial charge in [0, 0.05) is 32.7 Å². The molecule has 27 heavy (non-hydrogen) atoms. The molecule has 0 spiro atoms. The quantitative estimate of drug-likeness (QED) is 0.818. The van der Waals surface area contributed by atoms with Gasteiger partial charge in [-0.2, -0.15) is 0 Å². The molecule has 3 rings (SSSR count). The molecular formula is C23H31N3O. The Balaban J connectivity index is 1.41. The maximum Gasteiger partial charge on any atom is 0.234 e. The molecule has 1 aliphatic heterocycles. The van der Waals surface area contributed by atoms with Crippen LogP contribution in [0.3, 0.4) is 0 Å². The first-order valence-corrected chi connectivity index (χ1v) is 10.0. The molecule has 0 radical (unpaired) electrons. The average molecular weight is 366 g/mol. The fraction of sp³-hybridized carbons (Fsp3) is 0.435. The van der Waals surface area contributed by atoms with Crippen molar-refractivity contribution < 1.29 is 4.79 Å². The highest BCUT2D eigenvalue weighted by Gasteiger charge is 2.19. The second-order valence-electron chi connectivity index (χ2n) is 7.42. The van der Waals surface area contributed by atoms with Crippen LogP contribution in [0.15, 0.2) is 54.6 Å². The number of piperazine rings is 1. The summed E-state index contributed by atoms with van der Waals surface area (Å²) in [6.45, 7) is 9.59. The van der Waals surface area contributed by atoms with Crippen LogP contribution < -0.4 is 5.32 Å². The van der Waals surface area contributed by atoms with E-state index in [1.54, 1.807) is 0 Å². The summed E-state index contributed by atoms with van der Waals surface area (Å²) in [5.41, 5.74) is 3.84. The van der Waals surface area contributed by atoms with Crippen LogP contribution in [0.2, 0.25) is 0 Å². The molecule has 0 aliphatic carbocycles. The van der Waals surface area contributed by atoms with Crippen LogP contribution in [-0.2, 0) is 17.8 Å². The van der Waals surface area contributed by atoms with Gasteiger partial charge in [0.15, 0.2) is 0 Å². The van der Waals surface area contributed by atoms with Crippen LogP contribution in [-0.4, -0.2) is 48.4 Å². The minimum atomic E-state index is 0.0442. The molecule has 4 nitrogen and oxygen atoms in total. The smallest absolute Gasteiger partial charge is 0.234 e. The number of nitrogens with zero attached hydrogens (tertiary/aromatic N) is 2. The van der Waals surface area contributed by atoms with Gasteiger partial charge in [-0.25, -0.2) is 0 Å². The van der Waals surface area contributed by atoms with E-state index in [1.165, 1.54) is 11.1 Å². The summed E-state index contributed by atoms with van der Waals surface area (Å²) in [4.78, 5) is 17.1. The second kappa shape index (κ2) is 9.67. The molecule has 2 aromatic rings. The molecule has 1 N–H and O–H groups in total. The molecule has 0 bridgehead atoms. The standard InChI is InChI=1S/C23H31N3O/c1-3-20-9-11-22(12-10-20)19(2)24-23(27)18-26-15-13-25(14-16-26)17-21-7-5-4-6-8-21/h4-12,19H,3,13-18H2,1-2H3,(H,24,27)/t19-/m1/s1. The Kier molecular flexibility index (Phi) is 7.02. The Morgan fingerprint density at radius 2 is 1.56 bits per heavy atom. The summed E-state index contributed by atoms with van der Waals surface area (Å²) in [5.74, 6) is 0.110. The molecule has 2 aromatic carbocycles. The summed E-state index contributed by atoms with van der Waals surface area (Å²) in [6.07, 6.45) is 1.04. The Morgan fingerprint density at radius 3 is 2.19 bits per heavy atom. The van der Waals surface area contributed by atoms with E-state index >= 15 is 0 Å². The lowest BCUT2D eigenvalue weighted by atomic mass is 10.1. The molecule has 1 heterocycles. The first kappa shape index (κ1) is 19.6. The Labute approximate surface area is 163 Å². The zero-order valence-corrected chi connectivity index (χ0v) is 16.5. The van der Waals surface area contributed by atoms with E-state index in [0.29, 0.717) is 6.54 Å². The topological polar surface area (TPSA) is 35.6 Å². The Hall–Kier alpha value is -2.17. The van der Waals surface area contributed by atoms with Crippen molar-refractivity contribution in [2.24, 2.45) is 0 Å². The van der Waals surface area contributed by atoms with Crippen LogP contribution in [0.25, 0.3) is 0 Å². The highest BCUT2D eigenvalue weighted by molar-refractivity contribution is 5.78. The molecule has 1 fully saturated rings. The van der Waals surface area contributed by atoms with Gasteiger partial charge in [0.2, 0.25) is 5.91 Å². The molecule has 4 heteroatoms. The monoisotopic (exact) mass is 365 g/mol. The molecule has 0 saturated carbocycles. The van der Waals surface area contributed by atoms with Gasteiger partial charge < -0.3 is 5.32 Å². The summed E-state index contributed by atoms with van der Waals surface area (Å²) in [6, 6.07) is 19.1. The number of carbonyl (C=O) groups is 1. The molecular weight excluding hydrogens is 334 g/mol. The van der Waals surface area contributed by atoms with E-state index in [0.717, 1.165) is 44.7 Å². The van der Waals surface area contributed by atoms with E-state index in [-0.39, 0.29) is 11.9 Å². The number of rotatable bonds is 7.